The Labute approximate surface area is 180 Å². The Morgan fingerprint density at radius 3 is 2.54 bits per heavy atom. The first-order valence-corrected chi connectivity index (χ1v) is 8.64. The van der Waals surface area contributed by atoms with Gasteiger partial charge in [0.15, 0.2) is 5.96 Å². The molecule has 0 radical (unpaired) electrons. The van der Waals surface area contributed by atoms with Gasteiger partial charge in [0.05, 0.1) is 11.4 Å². The van der Waals surface area contributed by atoms with Crippen LogP contribution < -0.4 is 10.6 Å². The third kappa shape index (κ3) is 4.89. The summed E-state index contributed by atoms with van der Waals surface area (Å²) in [6.45, 7) is 6.61. The van der Waals surface area contributed by atoms with Gasteiger partial charge in [-0.25, -0.2) is 9.37 Å². The standard InChI is InChI=1S/C19H23FN6O.HI/c1-12-16(13(2)27-25-12)11-24-19(21-4)23-10-15-5-6-18(17(20)9-15)26-8-7-22-14(26)3;/h5-9H,10-11H2,1-4H3,(H2,21,23,24);1H. The second kappa shape index (κ2) is 9.67. The number of aliphatic imine (C=N–C) groups is 1. The summed E-state index contributed by atoms with van der Waals surface area (Å²) in [5, 5.41) is 10.3. The molecule has 0 amide bonds. The number of aromatic nitrogens is 3. The smallest absolute Gasteiger partial charge is 0.191 e. The van der Waals surface area contributed by atoms with Gasteiger partial charge in [-0.3, -0.25) is 4.99 Å². The van der Waals surface area contributed by atoms with Crippen molar-refractivity contribution in [3.05, 3.63) is 64.8 Å². The van der Waals surface area contributed by atoms with E-state index >= 15 is 0 Å². The van der Waals surface area contributed by atoms with Gasteiger partial charge in [-0.05, 0) is 38.5 Å². The van der Waals surface area contributed by atoms with Gasteiger partial charge in [0.2, 0.25) is 0 Å². The molecule has 0 atom stereocenters. The SMILES string of the molecule is CN=C(NCc1ccc(-n2ccnc2C)c(F)c1)NCc1c(C)noc1C.I. The van der Waals surface area contributed by atoms with Gasteiger partial charge in [0.1, 0.15) is 17.4 Å². The minimum atomic E-state index is -0.297. The minimum absolute atomic E-state index is 0. The van der Waals surface area contributed by atoms with Crippen LogP contribution in [0.5, 0.6) is 0 Å². The lowest BCUT2D eigenvalue weighted by atomic mass is 10.2. The molecule has 150 valence electrons. The first kappa shape index (κ1) is 21.9. The lowest BCUT2D eigenvalue weighted by molar-refractivity contribution is 0.392. The Hall–Kier alpha value is -2.43. The summed E-state index contributed by atoms with van der Waals surface area (Å²) in [6.07, 6.45) is 3.39. The molecule has 7 nitrogen and oxygen atoms in total. The van der Waals surface area contributed by atoms with Gasteiger partial charge in [0, 0.05) is 38.1 Å². The van der Waals surface area contributed by atoms with Crippen molar-refractivity contribution in [2.24, 2.45) is 4.99 Å². The van der Waals surface area contributed by atoms with Gasteiger partial charge in [-0.1, -0.05) is 11.2 Å². The van der Waals surface area contributed by atoms with Crippen molar-refractivity contribution in [1.29, 1.82) is 0 Å². The van der Waals surface area contributed by atoms with Gasteiger partial charge in [-0.15, -0.1) is 24.0 Å². The number of benzene rings is 1. The van der Waals surface area contributed by atoms with Crippen LogP contribution in [0.25, 0.3) is 5.69 Å². The van der Waals surface area contributed by atoms with Crippen molar-refractivity contribution in [3.63, 3.8) is 0 Å². The summed E-state index contributed by atoms with van der Waals surface area (Å²) in [6, 6.07) is 5.15. The predicted molar refractivity (Wildman–Crippen MR) is 117 cm³/mol. The van der Waals surface area contributed by atoms with E-state index in [1.807, 2.05) is 26.8 Å². The maximum absolute atomic E-state index is 14.5. The summed E-state index contributed by atoms with van der Waals surface area (Å²) in [7, 11) is 1.69. The van der Waals surface area contributed by atoms with Crippen LogP contribution in [-0.2, 0) is 13.1 Å². The fourth-order valence-electron chi connectivity index (χ4n) is 2.82. The van der Waals surface area contributed by atoms with Crippen molar-refractivity contribution < 1.29 is 8.91 Å². The molecule has 0 saturated heterocycles. The molecule has 0 aliphatic rings. The highest BCUT2D eigenvalue weighted by molar-refractivity contribution is 14.0. The zero-order valence-corrected chi connectivity index (χ0v) is 18.6. The Balaban J connectivity index is 0.00000280. The molecule has 0 spiro atoms. The zero-order valence-electron chi connectivity index (χ0n) is 16.3. The molecule has 0 bridgehead atoms. The molecule has 2 heterocycles. The maximum Gasteiger partial charge on any atom is 0.191 e. The Kier molecular flexibility index (Phi) is 7.55. The molecule has 2 N–H and O–H groups in total. The van der Waals surface area contributed by atoms with Gasteiger partial charge in [0.25, 0.3) is 0 Å². The molecule has 9 heteroatoms. The van der Waals surface area contributed by atoms with Crippen LogP contribution >= 0.6 is 24.0 Å². The van der Waals surface area contributed by atoms with E-state index in [9.17, 15) is 4.39 Å². The Morgan fingerprint density at radius 1 is 1.21 bits per heavy atom. The monoisotopic (exact) mass is 498 g/mol. The van der Waals surface area contributed by atoms with Crippen molar-refractivity contribution >= 4 is 29.9 Å². The normalized spacial score (nSPS) is 11.2. The van der Waals surface area contributed by atoms with E-state index in [0.29, 0.717) is 24.7 Å². The van der Waals surface area contributed by atoms with Crippen LogP contribution in [0.2, 0.25) is 0 Å². The summed E-state index contributed by atoms with van der Waals surface area (Å²) < 4.78 is 21.4. The first-order valence-electron chi connectivity index (χ1n) is 8.64. The van der Waals surface area contributed by atoms with E-state index in [2.05, 4.69) is 25.8 Å². The van der Waals surface area contributed by atoms with Crippen LogP contribution in [0.4, 0.5) is 4.39 Å². The average Bonchev–Trinajstić information content (AvgIpc) is 3.21. The van der Waals surface area contributed by atoms with Crippen molar-refractivity contribution in [3.8, 4) is 5.69 Å². The largest absolute Gasteiger partial charge is 0.361 e. The van der Waals surface area contributed by atoms with E-state index in [1.54, 1.807) is 30.1 Å². The van der Waals surface area contributed by atoms with Gasteiger partial charge in [-0.2, -0.15) is 0 Å². The number of halogens is 2. The summed E-state index contributed by atoms with van der Waals surface area (Å²) in [5.41, 5.74) is 3.15. The first-order chi connectivity index (χ1) is 13.0. The number of nitrogens with zero attached hydrogens (tertiary/aromatic N) is 4. The molecule has 0 fully saturated rings. The van der Waals surface area contributed by atoms with Crippen molar-refractivity contribution in [1.82, 2.24) is 25.3 Å². The van der Waals surface area contributed by atoms with Gasteiger partial charge < -0.3 is 19.7 Å². The summed E-state index contributed by atoms with van der Waals surface area (Å²) in [4.78, 5) is 8.32. The van der Waals surface area contributed by atoms with Crippen molar-refractivity contribution in [2.45, 2.75) is 33.9 Å². The topological polar surface area (TPSA) is 80.3 Å². The van der Waals surface area contributed by atoms with Gasteiger partial charge >= 0.3 is 0 Å². The lowest BCUT2D eigenvalue weighted by Gasteiger charge is -2.13. The van der Waals surface area contributed by atoms with Crippen molar-refractivity contribution in [2.75, 3.05) is 7.05 Å². The Morgan fingerprint density at radius 2 is 1.96 bits per heavy atom. The molecule has 0 unspecified atom stereocenters. The second-order valence-corrected chi connectivity index (χ2v) is 6.21. The molecule has 0 saturated carbocycles. The quantitative estimate of drug-likeness (QED) is 0.320. The zero-order chi connectivity index (χ0) is 19.4. The minimum Gasteiger partial charge on any atom is -0.361 e. The fraction of sp³-hybridized carbons (Fsp3) is 0.316. The Bertz CT molecular complexity index is 946. The maximum atomic E-state index is 14.5. The summed E-state index contributed by atoms with van der Waals surface area (Å²) >= 11 is 0. The molecule has 3 aromatic rings. The molecular weight excluding hydrogens is 474 g/mol. The third-order valence-corrected chi connectivity index (χ3v) is 4.39. The predicted octanol–water partition coefficient (Wildman–Crippen LogP) is 3.41. The molecule has 1 aromatic carbocycles. The van der Waals surface area contributed by atoms with Crippen LogP contribution in [0, 0.1) is 26.6 Å². The molecule has 3 rings (SSSR count). The van der Waals surface area contributed by atoms with E-state index in [-0.39, 0.29) is 29.8 Å². The van der Waals surface area contributed by atoms with Crippen LogP contribution in [0.1, 0.15) is 28.4 Å². The molecular formula is C19H24FIN6O. The lowest BCUT2D eigenvalue weighted by Crippen LogP contribution is -2.36. The molecule has 0 aliphatic heterocycles. The second-order valence-electron chi connectivity index (χ2n) is 6.21. The number of hydrogen-bond donors (Lipinski definition) is 2. The molecule has 28 heavy (non-hydrogen) atoms. The highest BCUT2D eigenvalue weighted by atomic mass is 127. The number of hydrogen-bond acceptors (Lipinski definition) is 4. The number of nitrogens with one attached hydrogen (secondary N) is 2. The highest BCUT2D eigenvalue weighted by Gasteiger charge is 2.10. The fourth-order valence-corrected chi connectivity index (χ4v) is 2.82. The number of imidazole rings is 1. The number of guanidine groups is 1. The number of aryl methyl sites for hydroxylation is 3. The number of rotatable bonds is 5. The highest BCUT2D eigenvalue weighted by Crippen LogP contribution is 2.17. The molecule has 2 aromatic heterocycles. The third-order valence-electron chi connectivity index (χ3n) is 4.39. The van der Waals surface area contributed by atoms with E-state index < -0.39 is 0 Å². The average molecular weight is 498 g/mol. The van der Waals surface area contributed by atoms with E-state index in [1.165, 1.54) is 6.07 Å². The van der Waals surface area contributed by atoms with Crippen LogP contribution in [0.15, 0.2) is 40.1 Å². The summed E-state index contributed by atoms with van der Waals surface area (Å²) in [5.74, 6) is 1.84. The van der Waals surface area contributed by atoms with E-state index in [0.717, 1.165) is 28.4 Å². The molecule has 0 aliphatic carbocycles. The van der Waals surface area contributed by atoms with Crippen LogP contribution in [0.3, 0.4) is 0 Å². The van der Waals surface area contributed by atoms with E-state index in [4.69, 9.17) is 4.52 Å². The van der Waals surface area contributed by atoms with Crippen LogP contribution in [-0.4, -0.2) is 27.7 Å².